The summed E-state index contributed by atoms with van der Waals surface area (Å²) in [6, 6.07) is 0. The van der Waals surface area contributed by atoms with Crippen LogP contribution in [0.15, 0.2) is 0 Å². The lowest BCUT2D eigenvalue weighted by molar-refractivity contribution is -0.106. The van der Waals surface area contributed by atoms with Crippen molar-refractivity contribution < 1.29 is 13.2 Å². The molecule has 12 heavy (non-hydrogen) atoms. The second kappa shape index (κ2) is 5.80. The Kier molecular flexibility index (Phi) is 5.90. The first kappa shape index (κ1) is 12.2. The number of rotatable bonds is 5. The topological polar surface area (TPSA) is 0 Å². The molecular formula is C8H16F3P. The molecule has 4 heteroatoms. The molecular weight excluding hydrogens is 184 g/mol. The molecule has 74 valence electrons. The molecule has 0 aromatic carbocycles. The quantitative estimate of drug-likeness (QED) is 0.591. The van der Waals surface area contributed by atoms with Crippen LogP contribution in [-0.2, 0) is 0 Å². The molecule has 0 N–H and O–H groups in total. The molecule has 0 aromatic rings. The van der Waals surface area contributed by atoms with Crippen molar-refractivity contribution in [2.24, 2.45) is 0 Å². The Balaban J connectivity index is 3.67. The fraction of sp³-hybridized carbons (Fsp3) is 1.00. The van der Waals surface area contributed by atoms with Crippen molar-refractivity contribution >= 4 is 7.92 Å². The number of hydrogen-bond acceptors (Lipinski definition) is 0. The van der Waals surface area contributed by atoms with Gasteiger partial charge in [0.1, 0.15) is 0 Å². The minimum atomic E-state index is -3.95. The number of alkyl halides is 3. The molecule has 1 atom stereocenters. The smallest absolute Gasteiger partial charge is 0.171 e. The zero-order valence-electron chi connectivity index (χ0n) is 7.62. The lowest BCUT2D eigenvalue weighted by Gasteiger charge is -2.16. The van der Waals surface area contributed by atoms with E-state index in [9.17, 15) is 13.2 Å². The van der Waals surface area contributed by atoms with Crippen molar-refractivity contribution in [1.29, 1.82) is 0 Å². The van der Waals surface area contributed by atoms with Crippen LogP contribution in [0.25, 0.3) is 0 Å². The molecule has 0 radical (unpaired) electrons. The van der Waals surface area contributed by atoms with Gasteiger partial charge in [0.25, 0.3) is 0 Å². The molecule has 0 rings (SSSR count). The Hall–Kier alpha value is 0.220. The average molecular weight is 200 g/mol. The molecule has 0 aliphatic rings. The molecule has 0 aliphatic heterocycles. The monoisotopic (exact) mass is 200 g/mol. The zero-order chi connectivity index (χ0) is 9.61. The van der Waals surface area contributed by atoms with Crippen LogP contribution in [0.3, 0.4) is 0 Å². The van der Waals surface area contributed by atoms with Crippen LogP contribution < -0.4 is 0 Å². The normalized spacial score (nSPS) is 14.8. The van der Waals surface area contributed by atoms with Crippen molar-refractivity contribution in [3.63, 3.8) is 0 Å². The summed E-state index contributed by atoms with van der Waals surface area (Å²) in [6.07, 6.45) is -1.07. The van der Waals surface area contributed by atoms with E-state index in [4.69, 9.17) is 0 Å². The summed E-state index contributed by atoms with van der Waals surface area (Å²) in [6.45, 7) is 3.86. The van der Waals surface area contributed by atoms with E-state index < -0.39 is 20.3 Å². The van der Waals surface area contributed by atoms with Crippen LogP contribution in [0.1, 0.15) is 26.7 Å². The standard InChI is InChI=1S/C8H16F3P/c1-3-5-6-12(4-2)7-8(9,10)11/h3-7H2,1-2H3. The van der Waals surface area contributed by atoms with E-state index >= 15 is 0 Å². The van der Waals surface area contributed by atoms with Crippen molar-refractivity contribution in [2.75, 3.05) is 18.5 Å². The highest BCUT2D eigenvalue weighted by molar-refractivity contribution is 7.57. The molecule has 0 aromatic heterocycles. The van der Waals surface area contributed by atoms with Gasteiger partial charge >= 0.3 is 6.18 Å². The highest BCUT2D eigenvalue weighted by Crippen LogP contribution is 2.41. The van der Waals surface area contributed by atoms with E-state index in [1.807, 2.05) is 13.8 Å². The third-order valence-corrected chi connectivity index (χ3v) is 4.33. The van der Waals surface area contributed by atoms with Crippen molar-refractivity contribution in [3.8, 4) is 0 Å². The van der Waals surface area contributed by atoms with E-state index in [2.05, 4.69) is 0 Å². The summed E-state index contributed by atoms with van der Waals surface area (Å²) in [4.78, 5) is 0. The predicted octanol–water partition coefficient (Wildman–Crippen LogP) is 3.85. The molecule has 0 aliphatic carbocycles. The van der Waals surface area contributed by atoms with Gasteiger partial charge in [-0.1, -0.05) is 28.2 Å². The lowest BCUT2D eigenvalue weighted by atomic mass is 10.4. The molecule has 0 heterocycles. The third kappa shape index (κ3) is 6.90. The van der Waals surface area contributed by atoms with Crippen LogP contribution in [-0.4, -0.2) is 24.7 Å². The Labute approximate surface area is 73.3 Å². The van der Waals surface area contributed by atoms with Gasteiger partial charge in [0.2, 0.25) is 0 Å². The third-order valence-electron chi connectivity index (χ3n) is 1.68. The highest BCUT2D eigenvalue weighted by atomic mass is 31.1. The van der Waals surface area contributed by atoms with Gasteiger partial charge in [-0.05, 0) is 18.7 Å². The Morgan fingerprint density at radius 3 is 2.08 bits per heavy atom. The van der Waals surface area contributed by atoms with Gasteiger partial charge in [-0.2, -0.15) is 13.2 Å². The molecule has 1 unspecified atom stereocenters. The fourth-order valence-corrected chi connectivity index (χ4v) is 2.95. The van der Waals surface area contributed by atoms with Crippen LogP contribution in [0.5, 0.6) is 0 Å². The summed E-state index contributed by atoms with van der Waals surface area (Å²) in [7, 11) is -0.777. The fourth-order valence-electron chi connectivity index (χ4n) is 0.984. The summed E-state index contributed by atoms with van der Waals surface area (Å²) in [5, 5.41) is 0. The van der Waals surface area contributed by atoms with Crippen LogP contribution in [0.4, 0.5) is 13.2 Å². The maximum atomic E-state index is 11.9. The highest BCUT2D eigenvalue weighted by Gasteiger charge is 2.30. The van der Waals surface area contributed by atoms with Gasteiger partial charge in [-0.3, -0.25) is 0 Å². The number of hydrogen-bond donors (Lipinski definition) is 0. The number of unbranched alkanes of at least 4 members (excludes halogenated alkanes) is 1. The van der Waals surface area contributed by atoms with Gasteiger partial charge < -0.3 is 0 Å². The van der Waals surface area contributed by atoms with Crippen molar-refractivity contribution in [3.05, 3.63) is 0 Å². The molecule has 0 spiro atoms. The SMILES string of the molecule is CCCCP(CC)CC(F)(F)F. The second-order valence-corrected chi connectivity index (χ2v) is 5.58. The van der Waals surface area contributed by atoms with E-state index in [0.717, 1.165) is 19.0 Å². The van der Waals surface area contributed by atoms with Gasteiger partial charge in [-0.15, -0.1) is 0 Å². The van der Waals surface area contributed by atoms with Gasteiger partial charge in [0.05, 0.1) is 6.16 Å². The maximum absolute atomic E-state index is 11.9. The summed E-state index contributed by atoms with van der Waals surface area (Å²) < 4.78 is 35.8. The zero-order valence-corrected chi connectivity index (χ0v) is 8.51. The molecule has 0 bridgehead atoms. The minimum Gasteiger partial charge on any atom is -0.171 e. The van der Waals surface area contributed by atoms with Crippen molar-refractivity contribution in [2.45, 2.75) is 32.9 Å². The first-order chi connectivity index (χ1) is 5.49. The summed E-state index contributed by atoms with van der Waals surface area (Å²) in [5.41, 5.74) is 0. The van der Waals surface area contributed by atoms with E-state index in [0.29, 0.717) is 6.16 Å². The van der Waals surface area contributed by atoms with E-state index in [-0.39, 0.29) is 0 Å². The summed E-state index contributed by atoms with van der Waals surface area (Å²) in [5.74, 6) is 0. The Bertz CT molecular complexity index is 111. The second-order valence-electron chi connectivity index (χ2n) is 2.84. The maximum Gasteiger partial charge on any atom is 0.392 e. The Morgan fingerprint density at radius 1 is 1.17 bits per heavy atom. The molecule has 0 saturated carbocycles. The average Bonchev–Trinajstić information content (AvgIpc) is 1.95. The van der Waals surface area contributed by atoms with Crippen LogP contribution in [0.2, 0.25) is 0 Å². The first-order valence-corrected chi connectivity index (χ1v) is 6.18. The van der Waals surface area contributed by atoms with Crippen LogP contribution in [0, 0.1) is 0 Å². The Morgan fingerprint density at radius 2 is 1.75 bits per heavy atom. The summed E-state index contributed by atoms with van der Waals surface area (Å²) >= 11 is 0. The van der Waals surface area contributed by atoms with Crippen LogP contribution >= 0.6 is 7.92 Å². The molecule has 0 fully saturated rings. The predicted molar refractivity (Wildman–Crippen MR) is 48.2 cm³/mol. The molecule has 0 saturated heterocycles. The molecule has 0 nitrogen and oxygen atoms in total. The van der Waals surface area contributed by atoms with Gasteiger partial charge in [0, 0.05) is 0 Å². The van der Waals surface area contributed by atoms with E-state index in [1.165, 1.54) is 0 Å². The van der Waals surface area contributed by atoms with E-state index in [1.54, 1.807) is 0 Å². The number of halogens is 3. The molecule has 0 amide bonds. The lowest BCUT2D eigenvalue weighted by Crippen LogP contribution is -2.14. The largest absolute Gasteiger partial charge is 0.392 e. The van der Waals surface area contributed by atoms with Gasteiger partial charge in [0.15, 0.2) is 0 Å². The van der Waals surface area contributed by atoms with Gasteiger partial charge in [-0.25, -0.2) is 0 Å². The first-order valence-electron chi connectivity index (χ1n) is 4.28. The minimum absolute atomic E-state index is 0.543. The van der Waals surface area contributed by atoms with Crippen molar-refractivity contribution in [1.82, 2.24) is 0 Å².